The van der Waals surface area contributed by atoms with E-state index < -0.39 is 35.9 Å². The lowest BCUT2D eigenvalue weighted by molar-refractivity contribution is -0.0954. The Morgan fingerprint density at radius 2 is 1.17 bits per heavy atom. The zero-order valence-corrected chi connectivity index (χ0v) is 17.8. The minimum absolute atomic E-state index is 0.400. The molecule has 0 aromatic rings. The van der Waals surface area contributed by atoms with Crippen molar-refractivity contribution in [3.8, 4) is 0 Å². The summed E-state index contributed by atoms with van der Waals surface area (Å²) in [7, 11) is -7.08. The Morgan fingerprint density at radius 3 is 1.52 bits per heavy atom. The summed E-state index contributed by atoms with van der Waals surface area (Å²) in [4.78, 5) is 0. The summed E-state index contributed by atoms with van der Waals surface area (Å²) >= 11 is 0. The first-order valence-electron chi connectivity index (χ1n) is 6.86. The molecule has 11 nitrogen and oxygen atoms in total. The number of hydrogen-bond acceptors (Lipinski definition) is 11. The van der Waals surface area contributed by atoms with Crippen LogP contribution in [0.2, 0.25) is 6.04 Å². The minimum Gasteiger partial charge on any atom is -0.356 e. The fourth-order valence-electron chi connectivity index (χ4n) is 2.14. The zero-order chi connectivity index (χ0) is 17.2. The SMILES string of the molecule is CO[Si]1(OC)O[Si]2(CCCN)O[Si](OC)(OC)O[Si](OC)(O2)O1. The van der Waals surface area contributed by atoms with Crippen LogP contribution in [0.4, 0.5) is 0 Å². The second-order valence-corrected chi connectivity index (χ2v) is 15.6. The summed E-state index contributed by atoms with van der Waals surface area (Å²) in [6.07, 6.45) is 0.593. The molecule has 2 fully saturated rings. The van der Waals surface area contributed by atoms with E-state index in [9.17, 15) is 0 Å². The Morgan fingerprint density at radius 1 is 0.696 bits per heavy atom. The van der Waals surface area contributed by atoms with Crippen LogP contribution >= 0.6 is 0 Å². The van der Waals surface area contributed by atoms with Crippen molar-refractivity contribution in [3.05, 3.63) is 0 Å². The molecular formula is C8H23NO10Si4. The molecule has 2 aliphatic rings. The van der Waals surface area contributed by atoms with Crippen LogP contribution in [0, 0.1) is 0 Å². The van der Waals surface area contributed by atoms with Crippen LogP contribution in [-0.4, -0.2) is 78.0 Å². The van der Waals surface area contributed by atoms with Gasteiger partial charge in [-0.1, -0.05) is 0 Å². The van der Waals surface area contributed by atoms with Crippen molar-refractivity contribution in [2.75, 3.05) is 42.1 Å². The van der Waals surface area contributed by atoms with Crippen molar-refractivity contribution >= 4 is 35.9 Å². The van der Waals surface area contributed by atoms with E-state index in [1.165, 1.54) is 35.5 Å². The third kappa shape index (κ3) is 3.68. The van der Waals surface area contributed by atoms with E-state index in [0.717, 1.165) is 0 Å². The molecule has 0 aromatic carbocycles. The van der Waals surface area contributed by atoms with Crippen molar-refractivity contribution in [1.29, 1.82) is 0 Å². The van der Waals surface area contributed by atoms with E-state index in [4.69, 9.17) is 48.4 Å². The molecule has 0 radical (unpaired) electrons. The monoisotopic (exact) mass is 405 g/mol. The number of fused-ring (bicyclic) bond motifs is 2. The molecule has 0 atom stereocenters. The molecule has 2 heterocycles. The Hall–Kier alpha value is 0.428. The fraction of sp³-hybridized carbons (Fsp3) is 1.00. The average Bonchev–Trinajstić information content (AvgIpc) is 2.59. The quantitative estimate of drug-likeness (QED) is 0.497. The van der Waals surface area contributed by atoms with Crippen LogP contribution in [0.25, 0.3) is 0 Å². The lowest BCUT2D eigenvalue weighted by Crippen LogP contribution is -2.83. The highest BCUT2D eigenvalue weighted by molar-refractivity contribution is 6.92. The molecule has 0 spiro atoms. The summed E-state index contributed by atoms with van der Waals surface area (Å²) in [6, 6.07) is 0.400. The van der Waals surface area contributed by atoms with Crippen LogP contribution in [0.3, 0.4) is 0 Å². The Balaban J connectivity index is 2.44. The number of rotatable bonds is 8. The molecule has 0 aromatic heterocycles. The maximum absolute atomic E-state index is 5.98. The average molecular weight is 406 g/mol. The van der Waals surface area contributed by atoms with Gasteiger partial charge in [0.2, 0.25) is 0 Å². The lowest BCUT2D eigenvalue weighted by Gasteiger charge is -2.52. The van der Waals surface area contributed by atoms with Gasteiger partial charge in [-0.2, -0.15) is 0 Å². The van der Waals surface area contributed by atoms with Gasteiger partial charge in [0.05, 0.1) is 0 Å². The molecule has 2 aliphatic heterocycles. The number of nitrogens with two attached hydrogens (primary N) is 1. The molecule has 2 saturated heterocycles. The Bertz CT molecular complexity index is 384. The molecule has 0 aliphatic carbocycles. The Kier molecular flexibility index (Phi) is 6.31. The van der Waals surface area contributed by atoms with Gasteiger partial charge in [0.15, 0.2) is 0 Å². The largest absolute Gasteiger partial charge is 0.665 e. The van der Waals surface area contributed by atoms with E-state index in [1.54, 1.807) is 0 Å². The van der Waals surface area contributed by atoms with E-state index >= 15 is 0 Å². The molecule has 15 heteroatoms. The van der Waals surface area contributed by atoms with Crippen molar-refractivity contribution in [2.45, 2.75) is 12.5 Å². The molecule has 2 rings (SSSR count). The second kappa shape index (κ2) is 7.35. The third-order valence-corrected chi connectivity index (χ3v) is 17.5. The summed E-state index contributed by atoms with van der Waals surface area (Å²) in [5, 5.41) is 0. The van der Waals surface area contributed by atoms with Crippen molar-refractivity contribution in [2.24, 2.45) is 5.73 Å². The first-order chi connectivity index (χ1) is 10.9. The molecule has 136 valence electrons. The molecule has 2 N–H and O–H groups in total. The molecule has 0 amide bonds. The highest BCUT2D eigenvalue weighted by atomic mass is 28.6. The van der Waals surface area contributed by atoms with Gasteiger partial charge >= 0.3 is 35.9 Å². The first-order valence-corrected chi connectivity index (χ1v) is 13.7. The molecule has 0 saturated carbocycles. The summed E-state index contributed by atoms with van der Waals surface area (Å²) < 4.78 is 56.3. The van der Waals surface area contributed by atoms with Gasteiger partial charge in [0.25, 0.3) is 0 Å². The van der Waals surface area contributed by atoms with Crippen LogP contribution in [0.15, 0.2) is 0 Å². The molecule has 2 bridgehead atoms. The van der Waals surface area contributed by atoms with E-state index in [0.29, 0.717) is 19.0 Å². The summed E-state index contributed by atoms with van der Waals surface area (Å²) in [6.45, 7) is 0.428. The standard InChI is InChI=1S/C8H23NO10Si4/c1-10-21(11-2)15-20(8-6-7-9)16-22(12-3,13-4)19-23(14-5,17-20)18-21/h6-9H2,1-5H3. The van der Waals surface area contributed by atoms with Gasteiger partial charge in [-0.3, -0.25) is 0 Å². The molecule has 23 heavy (non-hydrogen) atoms. The highest BCUT2D eigenvalue weighted by Crippen LogP contribution is 2.42. The first kappa shape index (κ1) is 19.7. The smallest absolute Gasteiger partial charge is 0.356 e. The zero-order valence-electron chi connectivity index (χ0n) is 13.8. The van der Waals surface area contributed by atoms with Crippen molar-refractivity contribution in [3.63, 3.8) is 0 Å². The minimum atomic E-state index is -3.69. The van der Waals surface area contributed by atoms with Gasteiger partial charge in [0, 0.05) is 41.6 Å². The van der Waals surface area contributed by atoms with Gasteiger partial charge < -0.3 is 48.4 Å². The normalized spacial score (nSPS) is 35.2. The van der Waals surface area contributed by atoms with E-state index in [1.807, 2.05) is 0 Å². The van der Waals surface area contributed by atoms with Crippen LogP contribution < -0.4 is 5.73 Å². The topological polar surface area (TPSA) is 118 Å². The van der Waals surface area contributed by atoms with Crippen molar-refractivity contribution in [1.82, 2.24) is 0 Å². The van der Waals surface area contributed by atoms with Gasteiger partial charge in [-0.25, -0.2) is 0 Å². The fourth-order valence-corrected chi connectivity index (χ4v) is 19.4. The van der Waals surface area contributed by atoms with Crippen molar-refractivity contribution < 1.29 is 42.7 Å². The van der Waals surface area contributed by atoms with Gasteiger partial charge in [0.1, 0.15) is 0 Å². The van der Waals surface area contributed by atoms with Gasteiger partial charge in [-0.15, -0.1) is 0 Å². The Labute approximate surface area is 139 Å². The molecular weight excluding hydrogens is 382 g/mol. The van der Waals surface area contributed by atoms with E-state index in [-0.39, 0.29) is 0 Å². The lowest BCUT2D eigenvalue weighted by atomic mass is 10.5. The van der Waals surface area contributed by atoms with Crippen LogP contribution in [-0.2, 0) is 42.7 Å². The summed E-state index contributed by atoms with van der Waals surface area (Å²) in [5.41, 5.74) is 5.61. The summed E-state index contributed by atoms with van der Waals surface area (Å²) in [5.74, 6) is 0. The van der Waals surface area contributed by atoms with Gasteiger partial charge in [-0.05, 0) is 13.0 Å². The predicted molar refractivity (Wildman–Crippen MR) is 82.0 cm³/mol. The van der Waals surface area contributed by atoms with Crippen LogP contribution in [0.5, 0.6) is 0 Å². The third-order valence-electron chi connectivity index (χ3n) is 3.28. The van der Waals surface area contributed by atoms with E-state index in [2.05, 4.69) is 0 Å². The number of hydrogen-bond donors (Lipinski definition) is 1. The van der Waals surface area contributed by atoms with Crippen LogP contribution in [0.1, 0.15) is 6.42 Å². The molecule has 0 unspecified atom stereocenters. The predicted octanol–water partition coefficient (Wildman–Crippen LogP) is -1.08. The second-order valence-electron chi connectivity index (χ2n) is 4.61. The maximum atomic E-state index is 5.98. The highest BCUT2D eigenvalue weighted by Gasteiger charge is 2.80. The maximum Gasteiger partial charge on any atom is 0.665 e.